The Balaban J connectivity index is 1.57. The van der Waals surface area contributed by atoms with Crippen LogP contribution >= 0.6 is 0 Å². The van der Waals surface area contributed by atoms with Gasteiger partial charge in [-0.05, 0) is 17.7 Å². The molecule has 3 aromatic rings. The van der Waals surface area contributed by atoms with E-state index in [1.54, 1.807) is 7.11 Å². The van der Waals surface area contributed by atoms with Crippen LogP contribution in [0.5, 0.6) is 0 Å². The molecule has 2 aromatic carbocycles. The number of nitro benzene ring substituents is 1. The Morgan fingerprint density at radius 2 is 1.94 bits per heavy atom. The summed E-state index contributed by atoms with van der Waals surface area (Å²) in [5.41, 5.74) is 2.62. The van der Waals surface area contributed by atoms with E-state index in [9.17, 15) is 19.7 Å². The molecule has 1 aliphatic heterocycles. The molecule has 158 valence electrons. The van der Waals surface area contributed by atoms with Crippen molar-refractivity contribution < 1.29 is 19.2 Å². The van der Waals surface area contributed by atoms with E-state index >= 15 is 0 Å². The number of carbonyl (C=O) groups excluding carboxylic acids is 2. The molecule has 31 heavy (non-hydrogen) atoms. The number of benzene rings is 2. The number of hydrogen-bond donors (Lipinski definition) is 2. The van der Waals surface area contributed by atoms with Crippen LogP contribution < -0.4 is 10.6 Å². The van der Waals surface area contributed by atoms with Gasteiger partial charge in [-0.25, -0.2) is 4.68 Å². The largest absolute Gasteiger partial charge is 0.378 e. The van der Waals surface area contributed by atoms with Crippen LogP contribution in [0.2, 0.25) is 0 Å². The molecule has 0 fully saturated rings. The lowest BCUT2D eigenvalue weighted by molar-refractivity contribution is -0.384. The average Bonchev–Trinajstić information content (AvgIpc) is 3.24. The number of ether oxygens (including phenoxy) is 1. The van der Waals surface area contributed by atoms with E-state index in [2.05, 4.69) is 15.7 Å². The Kier molecular flexibility index (Phi) is 5.46. The van der Waals surface area contributed by atoms with Gasteiger partial charge in [0.25, 0.3) is 11.6 Å². The summed E-state index contributed by atoms with van der Waals surface area (Å²) in [4.78, 5) is 35.4. The molecule has 10 nitrogen and oxygen atoms in total. The Bertz CT molecular complexity index is 1140. The van der Waals surface area contributed by atoms with E-state index < -0.39 is 16.9 Å². The first-order valence-electron chi connectivity index (χ1n) is 9.49. The van der Waals surface area contributed by atoms with Gasteiger partial charge in [0.05, 0.1) is 23.6 Å². The van der Waals surface area contributed by atoms with Gasteiger partial charge in [-0.2, -0.15) is 5.10 Å². The second-order valence-electron chi connectivity index (χ2n) is 6.98. The quantitative estimate of drug-likeness (QED) is 0.445. The predicted octanol–water partition coefficient (Wildman–Crippen LogP) is 3.13. The van der Waals surface area contributed by atoms with Crippen LogP contribution in [0.3, 0.4) is 0 Å². The summed E-state index contributed by atoms with van der Waals surface area (Å²) in [6, 6.07) is 14.2. The molecule has 0 radical (unpaired) electrons. The molecule has 2 amide bonds. The maximum atomic E-state index is 12.6. The average molecular weight is 421 g/mol. The Morgan fingerprint density at radius 3 is 2.58 bits per heavy atom. The van der Waals surface area contributed by atoms with Gasteiger partial charge in [0, 0.05) is 30.5 Å². The topological polar surface area (TPSA) is 128 Å². The third kappa shape index (κ3) is 4.01. The maximum Gasteiger partial charge on any atom is 0.269 e. The first kappa shape index (κ1) is 20.2. The number of rotatable bonds is 7. The van der Waals surface area contributed by atoms with Crippen molar-refractivity contribution in [2.75, 3.05) is 17.7 Å². The monoisotopic (exact) mass is 421 g/mol. The highest BCUT2D eigenvalue weighted by molar-refractivity contribution is 6.04. The first-order valence-corrected chi connectivity index (χ1v) is 9.49. The molecule has 0 aliphatic carbocycles. The summed E-state index contributed by atoms with van der Waals surface area (Å²) >= 11 is 0. The molecule has 1 aliphatic rings. The van der Waals surface area contributed by atoms with Crippen LogP contribution in [0.25, 0.3) is 11.1 Å². The zero-order valence-corrected chi connectivity index (χ0v) is 16.6. The number of non-ortho nitro benzene ring substituents is 1. The van der Waals surface area contributed by atoms with Gasteiger partial charge in [0.1, 0.15) is 11.9 Å². The normalized spacial score (nSPS) is 14.7. The van der Waals surface area contributed by atoms with Gasteiger partial charge in [-0.3, -0.25) is 19.7 Å². The Labute approximate surface area is 177 Å². The maximum absolute atomic E-state index is 12.6. The van der Waals surface area contributed by atoms with Crippen LogP contribution in [-0.4, -0.2) is 33.6 Å². The van der Waals surface area contributed by atoms with Gasteiger partial charge in [0.2, 0.25) is 5.91 Å². The number of nitrogens with one attached hydrogen (secondary N) is 2. The smallest absolute Gasteiger partial charge is 0.269 e. The van der Waals surface area contributed by atoms with Crippen molar-refractivity contribution >= 4 is 29.0 Å². The highest BCUT2D eigenvalue weighted by Gasteiger charge is 2.37. The minimum absolute atomic E-state index is 0.0755. The Morgan fingerprint density at radius 1 is 1.23 bits per heavy atom. The fourth-order valence-corrected chi connectivity index (χ4v) is 3.52. The second-order valence-corrected chi connectivity index (χ2v) is 6.98. The summed E-state index contributed by atoms with van der Waals surface area (Å²) < 4.78 is 6.78. The number of nitro groups is 1. The van der Waals surface area contributed by atoms with Crippen LogP contribution in [0.1, 0.15) is 18.2 Å². The van der Waals surface area contributed by atoms with Crippen molar-refractivity contribution in [3.05, 3.63) is 70.4 Å². The molecule has 1 unspecified atom stereocenters. The van der Waals surface area contributed by atoms with Crippen LogP contribution in [0.4, 0.5) is 17.2 Å². The van der Waals surface area contributed by atoms with Crippen LogP contribution in [0.15, 0.2) is 54.6 Å². The lowest BCUT2D eigenvalue weighted by atomic mass is 10.1. The number of methoxy groups -OCH3 is 1. The SMILES string of the molecule is COCc1nn2c(c1-c1ccccc1)NC(=O)C2CC(=O)Nc1ccc([N+](=O)[O-])cc1. The van der Waals surface area contributed by atoms with E-state index in [0.29, 0.717) is 17.2 Å². The van der Waals surface area contributed by atoms with Gasteiger partial charge in [0.15, 0.2) is 0 Å². The standard InChI is InChI=1S/C21H19N5O5/c1-31-12-16-19(13-5-3-2-4-6-13)20-23-21(28)17(25(20)24-16)11-18(27)22-14-7-9-15(10-8-14)26(29)30/h2-10,17H,11-12H2,1H3,(H,22,27)(H,23,28). The summed E-state index contributed by atoms with van der Waals surface area (Å²) in [7, 11) is 1.56. The summed E-state index contributed by atoms with van der Waals surface area (Å²) in [5, 5.41) is 20.8. The third-order valence-corrected chi connectivity index (χ3v) is 4.91. The van der Waals surface area contributed by atoms with Crippen LogP contribution in [-0.2, 0) is 20.9 Å². The summed E-state index contributed by atoms with van der Waals surface area (Å²) in [6.07, 6.45) is -0.141. The Hall–Kier alpha value is -4.05. The molecule has 1 aromatic heterocycles. The van der Waals surface area contributed by atoms with E-state index in [0.717, 1.165) is 11.1 Å². The molecular formula is C21H19N5O5. The fourth-order valence-electron chi connectivity index (χ4n) is 3.52. The molecular weight excluding hydrogens is 402 g/mol. The number of amides is 2. The van der Waals surface area contributed by atoms with Gasteiger partial charge in [-0.1, -0.05) is 30.3 Å². The van der Waals surface area contributed by atoms with Gasteiger partial charge >= 0.3 is 0 Å². The number of nitrogens with zero attached hydrogens (tertiary/aromatic N) is 3. The number of fused-ring (bicyclic) bond motifs is 1. The summed E-state index contributed by atoms with van der Waals surface area (Å²) in [6.45, 7) is 0.252. The van der Waals surface area contributed by atoms with Crippen molar-refractivity contribution in [3.63, 3.8) is 0 Å². The van der Waals surface area contributed by atoms with Gasteiger partial charge < -0.3 is 15.4 Å². The van der Waals surface area contributed by atoms with Crippen molar-refractivity contribution in [2.45, 2.75) is 19.1 Å². The molecule has 0 bridgehead atoms. The lowest BCUT2D eigenvalue weighted by Crippen LogP contribution is -2.24. The molecule has 0 saturated heterocycles. The van der Waals surface area contributed by atoms with Crippen molar-refractivity contribution in [1.82, 2.24) is 9.78 Å². The molecule has 0 spiro atoms. The zero-order chi connectivity index (χ0) is 22.0. The predicted molar refractivity (Wildman–Crippen MR) is 112 cm³/mol. The van der Waals surface area contributed by atoms with Gasteiger partial charge in [-0.15, -0.1) is 0 Å². The van der Waals surface area contributed by atoms with Crippen LogP contribution in [0, 0.1) is 10.1 Å². The number of hydrogen-bond acceptors (Lipinski definition) is 6. The van der Waals surface area contributed by atoms with E-state index in [4.69, 9.17) is 4.74 Å². The minimum Gasteiger partial charge on any atom is -0.378 e. The lowest BCUT2D eigenvalue weighted by Gasteiger charge is -2.10. The molecule has 2 heterocycles. The minimum atomic E-state index is -0.818. The molecule has 10 heteroatoms. The van der Waals surface area contributed by atoms with E-state index in [1.807, 2.05) is 30.3 Å². The van der Waals surface area contributed by atoms with Crippen molar-refractivity contribution in [2.24, 2.45) is 0 Å². The van der Waals surface area contributed by atoms with Crippen molar-refractivity contribution in [3.8, 4) is 11.1 Å². The highest BCUT2D eigenvalue weighted by atomic mass is 16.6. The fraction of sp³-hybridized carbons (Fsp3) is 0.190. The highest BCUT2D eigenvalue weighted by Crippen LogP contribution is 2.38. The third-order valence-electron chi connectivity index (χ3n) is 4.91. The molecule has 1 atom stereocenters. The summed E-state index contributed by atoms with van der Waals surface area (Å²) in [5.74, 6) is -0.217. The molecule has 2 N–H and O–H groups in total. The molecule has 0 saturated carbocycles. The van der Waals surface area contributed by atoms with E-state index in [-0.39, 0.29) is 24.6 Å². The number of anilines is 2. The first-order chi connectivity index (χ1) is 15.0. The second kappa shape index (κ2) is 8.36. The number of aromatic nitrogens is 2. The molecule has 4 rings (SSSR count). The zero-order valence-electron chi connectivity index (χ0n) is 16.6. The van der Waals surface area contributed by atoms with E-state index in [1.165, 1.54) is 28.9 Å². The van der Waals surface area contributed by atoms with Crippen molar-refractivity contribution in [1.29, 1.82) is 0 Å². The number of carbonyl (C=O) groups is 2.